The standard InChI is InChI=1S/C25H26N2O7/c1-6-34-27-18-9-7-15(16-8-10-21(30-2)20(28)12-16)11-19(18)26(25(27)29)17-13-22(31-3)24(33-5)23(14-17)32-4/h7-14,28H,6H2,1-5H3. The lowest BCUT2D eigenvalue weighted by Gasteiger charge is -2.14. The van der Waals surface area contributed by atoms with Gasteiger partial charge in [0.2, 0.25) is 5.75 Å². The van der Waals surface area contributed by atoms with Crippen molar-refractivity contribution in [3.05, 3.63) is 59.0 Å². The summed E-state index contributed by atoms with van der Waals surface area (Å²) in [7, 11) is 6.04. The Morgan fingerprint density at radius 3 is 1.94 bits per heavy atom. The Morgan fingerprint density at radius 1 is 0.765 bits per heavy atom. The van der Waals surface area contributed by atoms with Crippen LogP contribution in [-0.2, 0) is 0 Å². The number of ether oxygens (including phenoxy) is 4. The Bertz CT molecular complexity index is 1380. The summed E-state index contributed by atoms with van der Waals surface area (Å²) >= 11 is 0. The van der Waals surface area contributed by atoms with Gasteiger partial charge in [-0.3, -0.25) is 4.57 Å². The third kappa shape index (κ3) is 3.75. The zero-order chi connectivity index (χ0) is 24.4. The SMILES string of the molecule is CCOn1c(=O)n(-c2cc(OC)c(OC)c(OC)c2)c2cc(-c3ccc(OC)c(O)c3)ccc21. The number of benzene rings is 3. The van der Waals surface area contributed by atoms with Crippen molar-refractivity contribution in [3.63, 3.8) is 0 Å². The van der Waals surface area contributed by atoms with Gasteiger partial charge in [0.1, 0.15) is 12.1 Å². The predicted octanol–water partition coefficient (Wildman–Crippen LogP) is 3.65. The second kappa shape index (κ2) is 9.30. The Kier molecular flexibility index (Phi) is 6.27. The van der Waals surface area contributed by atoms with Crippen LogP contribution in [0.4, 0.5) is 0 Å². The third-order valence-corrected chi connectivity index (χ3v) is 5.48. The number of imidazole rings is 1. The van der Waals surface area contributed by atoms with E-state index in [-0.39, 0.29) is 11.4 Å². The molecule has 0 amide bonds. The molecule has 0 aliphatic rings. The van der Waals surface area contributed by atoms with Crippen LogP contribution in [0.25, 0.3) is 27.8 Å². The van der Waals surface area contributed by atoms with Gasteiger partial charge in [-0.15, -0.1) is 4.73 Å². The lowest BCUT2D eigenvalue weighted by Crippen LogP contribution is -2.28. The van der Waals surface area contributed by atoms with Gasteiger partial charge in [0.05, 0.1) is 39.6 Å². The zero-order valence-electron chi connectivity index (χ0n) is 19.6. The van der Waals surface area contributed by atoms with E-state index in [1.54, 1.807) is 30.3 Å². The van der Waals surface area contributed by atoms with Crippen molar-refractivity contribution in [2.75, 3.05) is 35.0 Å². The molecular formula is C25H26N2O7. The summed E-state index contributed by atoms with van der Waals surface area (Å²) in [4.78, 5) is 19.1. The van der Waals surface area contributed by atoms with Gasteiger partial charge in [-0.2, -0.15) is 0 Å². The van der Waals surface area contributed by atoms with Crippen molar-refractivity contribution in [1.29, 1.82) is 0 Å². The smallest absolute Gasteiger partial charge is 0.366 e. The van der Waals surface area contributed by atoms with E-state index in [0.717, 1.165) is 11.1 Å². The average Bonchev–Trinajstić information content (AvgIpc) is 3.13. The molecule has 9 heteroatoms. The summed E-state index contributed by atoms with van der Waals surface area (Å²) in [5.41, 5.74) is 2.86. The van der Waals surface area contributed by atoms with Crippen LogP contribution in [0.3, 0.4) is 0 Å². The van der Waals surface area contributed by atoms with Crippen LogP contribution in [0.15, 0.2) is 53.3 Å². The molecule has 4 rings (SSSR count). The normalized spacial score (nSPS) is 10.9. The van der Waals surface area contributed by atoms with E-state index in [1.165, 1.54) is 37.7 Å². The number of nitrogens with zero attached hydrogens (tertiary/aromatic N) is 2. The van der Waals surface area contributed by atoms with Crippen LogP contribution in [-0.4, -0.2) is 49.5 Å². The number of phenolic OH excluding ortho intramolecular Hbond substituents is 1. The third-order valence-electron chi connectivity index (χ3n) is 5.48. The van der Waals surface area contributed by atoms with Crippen molar-refractivity contribution >= 4 is 11.0 Å². The second-order valence-corrected chi connectivity index (χ2v) is 7.30. The number of aromatic hydroxyl groups is 1. The molecule has 178 valence electrons. The number of fused-ring (bicyclic) bond motifs is 1. The van der Waals surface area contributed by atoms with Crippen molar-refractivity contribution < 1.29 is 28.9 Å². The number of rotatable bonds is 8. The van der Waals surface area contributed by atoms with E-state index in [1.807, 2.05) is 25.1 Å². The maximum Gasteiger partial charge on any atom is 0.366 e. The number of hydrogen-bond acceptors (Lipinski definition) is 7. The van der Waals surface area contributed by atoms with Gasteiger partial charge in [-0.25, -0.2) is 4.79 Å². The molecule has 0 atom stereocenters. The zero-order valence-corrected chi connectivity index (χ0v) is 19.6. The molecule has 0 aliphatic carbocycles. The monoisotopic (exact) mass is 466 g/mol. The first kappa shape index (κ1) is 22.9. The molecule has 9 nitrogen and oxygen atoms in total. The van der Waals surface area contributed by atoms with Gasteiger partial charge in [-0.1, -0.05) is 12.1 Å². The Balaban J connectivity index is 2.00. The lowest BCUT2D eigenvalue weighted by molar-refractivity contribution is 0.122. The van der Waals surface area contributed by atoms with Crippen molar-refractivity contribution in [3.8, 4) is 45.6 Å². The summed E-state index contributed by atoms with van der Waals surface area (Å²) in [6.45, 7) is 2.12. The van der Waals surface area contributed by atoms with Crippen LogP contribution >= 0.6 is 0 Å². The molecule has 1 aromatic heterocycles. The molecule has 4 aromatic rings. The first-order valence-electron chi connectivity index (χ1n) is 10.6. The van der Waals surface area contributed by atoms with Gasteiger partial charge in [0.15, 0.2) is 23.0 Å². The van der Waals surface area contributed by atoms with Crippen molar-refractivity contribution in [2.45, 2.75) is 6.92 Å². The largest absolute Gasteiger partial charge is 0.504 e. The van der Waals surface area contributed by atoms with E-state index in [9.17, 15) is 9.90 Å². The highest BCUT2D eigenvalue weighted by molar-refractivity contribution is 5.84. The molecule has 3 aromatic carbocycles. The predicted molar refractivity (Wildman–Crippen MR) is 128 cm³/mol. The molecule has 0 radical (unpaired) electrons. The molecule has 1 N–H and O–H groups in total. The van der Waals surface area contributed by atoms with Crippen molar-refractivity contribution in [2.24, 2.45) is 0 Å². The molecule has 0 saturated heterocycles. The second-order valence-electron chi connectivity index (χ2n) is 7.30. The molecule has 0 bridgehead atoms. The molecule has 1 heterocycles. The van der Waals surface area contributed by atoms with E-state index in [0.29, 0.717) is 46.3 Å². The minimum Gasteiger partial charge on any atom is -0.504 e. The molecule has 0 saturated carbocycles. The van der Waals surface area contributed by atoms with E-state index in [2.05, 4.69) is 0 Å². The minimum atomic E-state index is -0.388. The topological polar surface area (TPSA) is 93.3 Å². The quantitative estimate of drug-likeness (QED) is 0.424. The Hall–Kier alpha value is -4.27. The summed E-state index contributed by atoms with van der Waals surface area (Å²) in [5.74, 6) is 1.65. The highest BCUT2D eigenvalue weighted by Gasteiger charge is 2.21. The van der Waals surface area contributed by atoms with Gasteiger partial charge in [0, 0.05) is 12.1 Å². The lowest BCUT2D eigenvalue weighted by atomic mass is 10.0. The number of phenols is 1. The Morgan fingerprint density at radius 2 is 1.38 bits per heavy atom. The summed E-state index contributed by atoms with van der Waals surface area (Å²) in [6, 6.07) is 14.1. The van der Waals surface area contributed by atoms with Gasteiger partial charge < -0.3 is 28.9 Å². The van der Waals surface area contributed by atoms with Gasteiger partial charge >= 0.3 is 5.69 Å². The Labute approximate surface area is 196 Å². The molecule has 0 aliphatic heterocycles. The van der Waals surface area contributed by atoms with Crippen LogP contribution in [0.1, 0.15) is 6.92 Å². The van der Waals surface area contributed by atoms with E-state index < -0.39 is 0 Å². The molecule has 0 spiro atoms. The van der Waals surface area contributed by atoms with Crippen LogP contribution in [0.5, 0.6) is 28.7 Å². The summed E-state index contributed by atoms with van der Waals surface area (Å²) < 4.78 is 24.3. The van der Waals surface area contributed by atoms with Crippen molar-refractivity contribution in [1.82, 2.24) is 9.30 Å². The maximum atomic E-state index is 13.4. The fourth-order valence-electron chi connectivity index (χ4n) is 3.92. The van der Waals surface area contributed by atoms with Crippen LogP contribution in [0, 0.1) is 0 Å². The van der Waals surface area contributed by atoms with Crippen LogP contribution < -0.4 is 29.5 Å². The molecule has 0 unspecified atom stereocenters. The first-order valence-corrected chi connectivity index (χ1v) is 10.6. The number of aromatic nitrogens is 2. The molecular weight excluding hydrogens is 440 g/mol. The van der Waals surface area contributed by atoms with Crippen LogP contribution in [0.2, 0.25) is 0 Å². The highest BCUT2D eigenvalue weighted by Crippen LogP contribution is 2.40. The van der Waals surface area contributed by atoms with Gasteiger partial charge in [-0.05, 0) is 42.3 Å². The first-order chi connectivity index (χ1) is 16.5. The maximum absolute atomic E-state index is 13.4. The fourth-order valence-corrected chi connectivity index (χ4v) is 3.92. The minimum absolute atomic E-state index is 0.0222. The van der Waals surface area contributed by atoms with Gasteiger partial charge in [0.25, 0.3) is 0 Å². The van der Waals surface area contributed by atoms with E-state index >= 15 is 0 Å². The average molecular weight is 466 g/mol. The van der Waals surface area contributed by atoms with E-state index in [4.69, 9.17) is 23.8 Å². The fraction of sp³-hybridized carbons (Fsp3) is 0.240. The number of hydrogen-bond donors (Lipinski definition) is 1. The molecule has 34 heavy (non-hydrogen) atoms. The number of methoxy groups -OCH3 is 4. The summed E-state index contributed by atoms with van der Waals surface area (Å²) in [5, 5.41) is 10.2. The highest BCUT2D eigenvalue weighted by atomic mass is 16.7. The molecule has 0 fully saturated rings. The summed E-state index contributed by atoms with van der Waals surface area (Å²) in [6.07, 6.45) is 0.